The van der Waals surface area contributed by atoms with Crippen molar-refractivity contribution in [2.75, 3.05) is 0 Å². The van der Waals surface area contributed by atoms with Gasteiger partial charge in [0.05, 0.1) is 15.6 Å². The zero-order chi connectivity index (χ0) is 16.1. The van der Waals surface area contributed by atoms with Crippen LogP contribution in [0.5, 0.6) is 5.88 Å². The van der Waals surface area contributed by atoms with Gasteiger partial charge in [0.25, 0.3) is 0 Å². The fourth-order valence-electron chi connectivity index (χ4n) is 2.27. The van der Waals surface area contributed by atoms with E-state index in [9.17, 15) is 4.79 Å². The Bertz CT molecular complexity index is 667. The summed E-state index contributed by atoms with van der Waals surface area (Å²) in [6.07, 6.45) is 5.75. The summed E-state index contributed by atoms with van der Waals surface area (Å²) in [5.41, 5.74) is 0.685. The van der Waals surface area contributed by atoms with E-state index >= 15 is 0 Å². The first-order valence-electron chi connectivity index (χ1n) is 7.40. The number of benzene rings is 1. The van der Waals surface area contributed by atoms with Gasteiger partial charge < -0.3 is 9.72 Å². The van der Waals surface area contributed by atoms with Crippen LogP contribution in [0.25, 0.3) is 10.9 Å². The number of halogens is 3. The summed E-state index contributed by atoms with van der Waals surface area (Å²) < 4.78 is 5.30. The van der Waals surface area contributed by atoms with Crippen molar-refractivity contribution in [1.82, 2.24) is 4.98 Å². The van der Waals surface area contributed by atoms with Gasteiger partial charge in [0.1, 0.15) is 5.02 Å². The van der Waals surface area contributed by atoms with Crippen LogP contribution >= 0.6 is 34.8 Å². The topological polar surface area (TPSA) is 42.1 Å². The van der Waals surface area contributed by atoms with Crippen molar-refractivity contribution in [2.45, 2.75) is 45.4 Å². The average Bonchev–Trinajstić information content (AvgIpc) is 2.80. The summed E-state index contributed by atoms with van der Waals surface area (Å²) in [4.78, 5) is 14.8. The fourth-order valence-corrected chi connectivity index (χ4v) is 3.02. The number of carbonyl (C=O) groups excluding carboxylic acids is 1. The molecule has 0 saturated heterocycles. The number of unbranched alkanes of at least 4 members (excludes halogenated alkanes) is 4. The molecule has 0 aliphatic rings. The number of hydrogen-bond acceptors (Lipinski definition) is 2. The second-order valence-corrected chi connectivity index (χ2v) is 6.35. The number of ether oxygens (including phenoxy) is 1. The van der Waals surface area contributed by atoms with E-state index in [1.807, 2.05) is 0 Å². The number of rotatable bonds is 7. The molecule has 3 nitrogen and oxygen atoms in total. The SMILES string of the molecule is CCCCCCCC(=O)Oc1[nH]c2ccc(Cl)c(Cl)c2c1Cl. The smallest absolute Gasteiger partial charge is 0.312 e. The van der Waals surface area contributed by atoms with E-state index in [0.717, 1.165) is 19.3 Å². The standard InChI is InChI=1S/C16H18Cl3NO2/c1-2-3-4-5-6-7-12(21)22-16-15(19)13-11(20-16)9-8-10(17)14(13)18/h8-9,20H,2-7H2,1H3. The zero-order valence-corrected chi connectivity index (χ0v) is 14.6. The van der Waals surface area contributed by atoms with Crippen molar-refractivity contribution < 1.29 is 9.53 Å². The summed E-state index contributed by atoms with van der Waals surface area (Å²) in [6.45, 7) is 2.16. The molecule has 0 spiro atoms. The molecule has 1 aromatic carbocycles. The first-order chi connectivity index (χ1) is 10.5. The largest absolute Gasteiger partial charge is 0.408 e. The third kappa shape index (κ3) is 4.09. The van der Waals surface area contributed by atoms with E-state index in [1.165, 1.54) is 12.8 Å². The van der Waals surface area contributed by atoms with E-state index in [-0.39, 0.29) is 16.9 Å². The van der Waals surface area contributed by atoms with Crippen LogP contribution in [0.15, 0.2) is 12.1 Å². The maximum Gasteiger partial charge on any atom is 0.312 e. The lowest BCUT2D eigenvalue weighted by Gasteiger charge is -2.02. The van der Waals surface area contributed by atoms with Crippen LogP contribution in [-0.4, -0.2) is 11.0 Å². The van der Waals surface area contributed by atoms with Crippen LogP contribution in [0.3, 0.4) is 0 Å². The van der Waals surface area contributed by atoms with Crippen LogP contribution in [0.4, 0.5) is 0 Å². The molecule has 22 heavy (non-hydrogen) atoms. The summed E-state index contributed by atoms with van der Waals surface area (Å²) in [5.74, 6) is -0.0773. The molecule has 2 aromatic rings. The van der Waals surface area contributed by atoms with Crippen LogP contribution in [0.2, 0.25) is 15.1 Å². The number of H-pyrrole nitrogens is 1. The maximum absolute atomic E-state index is 11.9. The molecule has 6 heteroatoms. The highest BCUT2D eigenvalue weighted by Gasteiger charge is 2.17. The van der Waals surface area contributed by atoms with Gasteiger partial charge in [-0.05, 0) is 18.6 Å². The number of carbonyl (C=O) groups is 1. The zero-order valence-electron chi connectivity index (χ0n) is 12.3. The van der Waals surface area contributed by atoms with Crippen LogP contribution < -0.4 is 4.74 Å². The van der Waals surface area contributed by atoms with Crippen molar-refractivity contribution in [1.29, 1.82) is 0 Å². The predicted molar refractivity (Wildman–Crippen MR) is 92.3 cm³/mol. The monoisotopic (exact) mass is 361 g/mol. The number of nitrogens with one attached hydrogen (secondary N) is 1. The van der Waals surface area contributed by atoms with Crippen molar-refractivity contribution in [3.63, 3.8) is 0 Å². The summed E-state index contributed by atoms with van der Waals surface area (Å²) in [6, 6.07) is 3.41. The maximum atomic E-state index is 11.9. The van der Waals surface area contributed by atoms with Crippen molar-refractivity contribution in [3.8, 4) is 5.88 Å². The van der Waals surface area contributed by atoms with E-state index in [0.29, 0.717) is 27.4 Å². The molecule has 2 rings (SSSR count). The molecule has 0 unspecified atom stereocenters. The van der Waals surface area contributed by atoms with Crippen LogP contribution in [0.1, 0.15) is 45.4 Å². The third-order valence-corrected chi connectivity index (χ3v) is 4.63. The van der Waals surface area contributed by atoms with Gasteiger partial charge >= 0.3 is 5.97 Å². The summed E-state index contributed by atoms with van der Waals surface area (Å²) >= 11 is 18.3. The molecule has 0 aliphatic carbocycles. The minimum absolute atomic E-state index is 0.222. The molecular weight excluding hydrogens is 345 g/mol. The van der Waals surface area contributed by atoms with Gasteiger partial charge in [0.2, 0.25) is 5.88 Å². The van der Waals surface area contributed by atoms with Gasteiger partial charge in [-0.2, -0.15) is 0 Å². The van der Waals surface area contributed by atoms with Gasteiger partial charge in [-0.15, -0.1) is 0 Å². The average molecular weight is 363 g/mol. The molecule has 0 atom stereocenters. The normalized spacial score (nSPS) is 11.1. The minimum Gasteiger partial charge on any atom is -0.408 e. The first kappa shape index (κ1) is 17.5. The fraction of sp³-hybridized carbons (Fsp3) is 0.438. The highest BCUT2D eigenvalue weighted by Crippen LogP contribution is 2.40. The number of aromatic amines is 1. The molecule has 1 N–H and O–H groups in total. The van der Waals surface area contributed by atoms with E-state index < -0.39 is 0 Å². The van der Waals surface area contributed by atoms with Gasteiger partial charge in [-0.25, -0.2) is 0 Å². The highest BCUT2D eigenvalue weighted by atomic mass is 35.5. The Morgan fingerprint density at radius 3 is 2.55 bits per heavy atom. The van der Waals surface area contributed by atoms with E-state index in [2.05, 4.69) is 11.9 Å². The Hall–Kier alpha value is -0.900. The van der Waals surface area contributed by atoms with Crippen LogP contribution in [-0.2, 0) is 4.79 Å². The van der Waals surface area contributed by atoms with Crippen LogP contribution in [0, 0.1) is 0 Å². The quantitative estimate of drug-likeness (QED) is 0.457. The number of hydrogen-bond donors (Lipinski definition) is 1. The molecule has 0 amide bonds. The van der Waals surface area contributed by atoms with E-state index in [4.69, 9.17) is 39.5 Å². The van der Waals surface area contributed by atoms with E-state index in [1.54, 1.807) is 12.1 Å². The molecule has 0 saturated carbocycles. The molecule has 1 heterocycles. The lowest BCUT2D eigenvalue weighted by Crippen LogP contribution is -2.07. The molecule has 0 aliphatic heterocycles. The number of aromatic nitrogens is 1. The number of esters is 1. The van der Waals surface area contributed by atoms with Crippen molar-refractivity contribution in [3.05, 3.63) is 27.2 Å². The molecule has 0 fully saturated rings. The lowest BCUT2D eigenvalue weighted by atomic mass is 10.1. The molecule has 1 aromatic heterocycles. The van der Waals surface area contributed by atoms with Gasteiger partial charge in [-0.1, -0.05) is 67.4 Å². The summed E-state index contributed by atoms with van der Waals surface area (Å²) in [7, 11) is 0. The second kappa shape index (κ2) is 8.09. The van der Waals surface area contributed by atoms with Gasteiger partial charge in [0, 0.05) is 11.8 Å². The molecule has 0 bridgehead atoms. The number of fused-ring (bicyclic) bond motifs is 1. The third-order valence-electron chi connectivity index (χ3n) is 3.46. The Balaban J connectivity index is 2.01. The van der Waals surface area contributed by atoms with Gasteiger partial charge in [-0.3, -0.25) is 4.79 Å². The highest BCUT2D eigenvalue weighted by molar-refractivity contribution is 6.48. The molecule has 120 valence electrons. The first-order valence-corrected chi connectivity index (χ1v) is 8.53. The van der Waals surface area contributed by atoms with Gasteiger partial charge in [0.15, 0.2) is 0 Å². The Kier molecular flexibility index (Phi) is 6.42. The van der Waals surface area contributed by atoms with Crippen molar-refractivity contribution >= 4 is 51.7 Å². The second-order valence-electron chi connectivity index (χ2n) is 5.19. The Morgan fingerprint density at radius 1 is 1.09 bits per heavy atom. The predicted octanol–water partition coefficient (Wildman–Crippen LogP) is 6.39. The molecule has 0 radical (unpaired) electrons. The Morgan fingerprint density at radius 2 is 1.82 bits per heavy atom. The lowest BCUT2D eigenvalue weighted by molar-refractivity contribution is -0.134. The molecular formula is C16H18Cl3NO2. The summed E-state index contributed by atoms with van der Waals surface area (Å²) in [5, 5.41) is 1.61. The van der Waals surface area contributed by atoms with Crippen molar-refractivity contribution in [2.24, 2.45) is 0 Å². The minimum atomic E-state index is -0.299. The Labute approximate surface area is 144 Å².